The molecule has 0 fully saturated rings. The summed E-state index contributed by atoms with van der Waals surface area (Å²) in [5, 5.41) is 12.3. The van der Waals surface area contributed by atoms with E-state index in [1.54, 1.807) is 30.3 Å². The van der Waals surface area contributed by atoms with E-state index in [-0.39, 0.29) is 30.3 Å². The summed E-state index contributed by atoms with van der Waals surface area (Å²) < 4.78 is 0.548. The third kappa shape index (κ3) is 4.31. The van der Waals surface area contributed by atoms with Gasteiger partial charge in [0.1, 0.15) is 5.75 Å². The highest BCUT2D eigenvalue weighted by Gasteiger charge is 2.12. The van der Waals surface area contributed by atoms with E-state index in [1.165, 1.54) is 11.3 Å². The molecular formula is C15H14ClNO3S. The van der Waals surface area contributed by atoms with Crippen molar-refractivity contribution in [2.45, 2.75) is 19.8 Å². The number of aryl methyl sites for hydroxylation is 1. The number of hydrogen-bond acceptors (Lipinski definition) is 4. The lowest BCUT2D eigenvalue weighted by molar-refractivity contribution is -0.116. The summed E-state index contributed by atoms with van der Waals surface area (Å²) in [6, 6.07) is 8.29. The maximum Gasteiger partial charge on any atom is 0.224 e. The molecule has 1 amide bonds. The molecule has 0 aliphatic heterocycles. The Kier molecular flexibility index (Phi) is 4.98. The van der Waals surface area contributed by atoms with E-state index >= 15 is 0 Å². The number of Topliss-reactive ketones (excluding diaryl/α,β-unsaturated/α-hetero) is 1. The Hall–Kier alpha value is -1.85. The first-order valence-electron chi connectivity index (χ1n) is 6.33. The van der Waals surface area contributed by atoms with E-state index in [4.69, 9.17) is 11.6 Å². The highest BCUT2D eigenvalue weighted by Crippen LogP contribution is 2.25. The van der Waals surface area contributed by atoms with Gasteiger partial charge in [-0.1, -0.05) is 17.7 Å². The number of nitrogens with one attached hydrogen (secondary N) is 1. The summed E-state index contributed by atoms with van der Waals surface area (Å²) >= 11 is 6.96. The second kappa shape index (κ2) is 6.74. The summed E-state index contributed by atoms with van der Waals surface area (Å²) in [6.45, 7) is 1.84. The van der Waals surface area contributed by atoms with Gasteiger partial charge in [-0.05, 0) is 36.8 Å². The van der Waals surface area contributed by atoms with E-state index in [0.717, 1.165) is 5.56 Å². The average molecular weight is 324 g/mol. The summed E-state index contributed by atoms with van der Waals surface area (Å²) in [7, 11) is 0. The first-order valence-corrected chi connectivity index (χ1v) is 7.53. The van der Waals surface area contributed by atoms with Crippen molar-refractivity contribution in [2.24, 2.45) is 0 Å². The molecule has 0 bridgehead atoms. The van der Waals surface area contributed by atoms with E-state index in [2.05, 4.69) is 5.32 Å². The number of hydrogen-bond donors (Lipinski definition) is 2. The molecule has 1 heterocycles. The summed E-state index contributed by atoms with van der Waals surface area (Å²) in [6.07, 6.45) is 0.164. The normalized spacial score (nSPS) is 10.4. The number of benzene rings is 1. The van der Waals surface area contributed by atoms with Gasteiger partial charge in [-0.3, -0.25) is 9.59 Å². The van der Waals surface area contributed by atoms with E-state index in [9.17, 15) is 14.7 Å². The minimum Gasteiger partial charge on any atom is -0.506 e. The van der Waals surface area contributed by atoms with Gasteiger partial charge in [0.05, 0.1) is 14.9 Å². The lowest BCUT2D eigenvalue weighted by atomic mass is 10.1. The van der Waals surface area contributed by atoms with Crippen LogP contribution in [0.2, 0.25) is 4.34 Å². The maximum atomic E-state index is 11.8. The molecule has 21 heavy (non-hydrogen) atoms. The van der Waals surface area contributed by atoms with E-state index in [1.807, 2.05) is 6.92 Å². The van der Waals surface area contributed by atoms with Gasteiger partial charge in [0, 0.05) is 12.8 Å². The second-order valence-corrected chi connectivity index (χ2v) is 6.31. The molecule has 4 nitrogen and oxygen atoms in total. The number of rotatable bonds is 5. The molecule has 0 atom stereocenters. The summed E-state index contributed by atoms with van der Waals surface area (Å²) in [4.78, 5) is 24.2. The Morgan fingerprint density at radius 1 is 1.24 bits per heavy atom. The summed E-state index contributed by atoms with van der Waals surface area (Å²) in [5.74, 6) is -0.417. The van der Waals surface area contributed by atoms with Gasteiger partial charge in [0.15, 0.2) is 5.78 Å². The number of phenols is 1. The summed E-state index contributed by atoms with van der Waals surface area (Å²) in [5.41, 5.74) is 1.24. The minimum absolute atomic E-state index is 0.0136. The molecule has 0 aliphatic rings. The fraction of sp³-hybridized carbons (Fsp3) is 0.200. The van der Waals surface area contributed by atoms with Gasteiger partial charge in [0.25, 0.3) is 0 Å². The zero-order valence-corrected chi connectivity index (χ0v) is 12.9. The average Bonchev–Trinajstić information content (AvgIpc) is 2.86. The SMILES string of the molecule is Cc1ccc(NC(=O)CCC(=O)c2ccc(Cl)s2)c(O)c1. The van der Waals surface area contributed by atoms with Crippen LogP contribution in [0.3, 0.4) is 0 Å². The Bertz CT molecular complexity index is 681. The zero-order chi connectivity index (χ0) is 15.4. The number of ketones is 1. The predicted molar refractivity (Wildman–Crippen MR) is 84.4 cm³/mol. The zero-order valence-electron chi connectivity index (χ0n) is 11.4. The third-order valence-electron chi connectivity index (χ3n) is 2.85. The van der Waals surface area contributed by atoms with Crippen molar-refractivity contribution in [3.8, 4) is 5.75 Å². The first kappa shape index (κ1) is 15.5. The van der Waals surface area contributed by atoms with Crippen LogP contribution < -0.4 is 5.32 Å². The van der Waals surface area contributed by atoms with Crippen LogP contribution in [-0.2, 0) is 4.79 Å². The second-order valence-electron chi connectivity index (χ2n) is 4.60. The molecule has 110 valence electrons. The number of thiophene rings is 1. The molecule has 1 aromatic carbocycles. The monoisotopic (exact) mass is 323 g/mol. The van der Waals surface area contributed by atoms with Gasteiger partial charge < -0.3 is 10.4 Å². The standard InChI is InChI=1S/C15H14ClNO3S/c1-9-2-3-10(12(19)8-9)17-15(20)7-4-11(18)13-5-6-14(16)21-13/h2-3,5-6,8,19H,4,7H2,1H3,(H,17,20). The van der Waals surface area contributed by atoms with Crippen molar-refractivity contribution in [2.75, 3.05) is 5.32 Å². The smallest absolute Gasteiger partial charge is 0.224 e. The molecule has 0 saturated carbocycles. The molecule has 2 N–H and O–H groups in total. The first-order chi connectivity index (χ1) is 9.95. The van der Waals surface area contributed by atoms with Gasteiger partial charge >= 0.3 is 0 Å². The van der Waals surface area contributed by atoms with Crippen molar-refractivity contribution >= 4 is 40.3 Å². The van der Waals surface area contributed by atoms with Gasteiger partial charge in [-0.25, -0.2) is 0 Å². The molecule has 0 spiro atoms. The van der Waals surface area contributed by atoms with E-state index in [0.29, 0.717) is 14.9 Å². The van der Waals surface area contributed by atoms with Crippen LogP contribution in [0, 0.1) is 6.92 Å². The van der Waals surface area contributed by atoms with Crippen molar-refractivity contribution in [3.05, 3.63) is 45.1 Å². The topological polar surface area (TPSA) is 66.4 Å². The Labute approximate surface area is 131 Å². The number of phenolic OH excluding ortho intramolecular Hbond substituents is 1. The number of amides is 1. The van der Waals surface area contributed by atoms with Crippen molar-refractivity contribution in [1.82, 2.24) is 0 Å². The van der Waals surface area contributed by atoms with E-state index < -0.39 is 0 Å². The van der Waals surface area contributed by atoms with Crippen LogP contribution in [0.25, 0.3) is 0 Å². The van der Waals surface area contributed by atoms with Crippen LogP contribution in [0.1, 0.15) is 28.1 Å². The van der Waals surface area contributed by atoms with Gasteiger partial charge in [0.2, 0.25) is 5.91 Å². The molecule has 2 rings (SSSR count). The molecule has 0 saturated heterocycles. The van der Waals surface area contributed by atoms with Crippen LogP contribution in [0.4, 0.5) is 5.69 Å². The number of carbonyl (C=O) groups is 2. The molecule has 6 heteroatoms. The fourth-order valence-electron chi connectivity index (χ4n) is 1.77. The number of carbonyl (C=O) groups excluding carboxylic acids is 2. The van der Waals surface area contributed by atoms with Crippen LogP contribution in [0.5, 0.6) is 5.75 Å². The van der Waals surface area contributed by atoms with Crippen molar-refractivity contribution < 1.29 is 14.7 Å². The number of anilines is 1. The Balaban J connectivity index is 1.89. The molecule has 0 radical (unpaired) electrons. The van der Waals surface area contributed by atoms with Crippen LogP contribution in [0.15, 0.2) is 30.3 Å². The fourth-order valence-corrected chi connectivity index (χ4v) is 2.78. The minimum atomic E-state index is -0.315. The van der Waals surface area contributed by atoms with Gasteiger partial charge in [-0.15, -0.1) is 11.3 Å². The van der Waals surface area contributed by atoms with Crippen molar-refractivity contribution in [1.29, 1.82) is 0 Å². The molecule has 0 aliphatic carbocycles. The quantitative estimate of drug-likeness (QED) is 0.645. The Morgan fingerprint density at radius 3 is 2.62 bits per heavy atom. The highest BCUT2D eigenvalue weighted by atomic mass is 35.5. The van der Waals surface area contributed by atoms with Crippen LogP contribution >= 0.6 is 22.9 Å². The van der Waals surface area contributed by atoms with Crippen LogP contribution in [-0.4, -0.2) is 16.8 Å². The highest BCUT2D eigenvalue weighted by molar-refractivity contribution is 7.18. The number of halogens is 1. The number of aromatic hydroxyl groups is 1. The Morgan fingerprint density at radius 2 is 2.00 bits per heavy atom. The largest absolute Gasteiger partial charge is 0.506 e. The lowest BCUT2D eigenvalue weighted by Gasteiger charge is -2.07. The molecular weight excluding hydrogens is 310 g/mol. The van der Waals surface area contributed by atoms with Gasteiger partial charge in [-0.2, -0.15) is 0 Å². The third-order valence-corrected chi connectivity index (χ3v) is 4.13. The lowest BCUT2D eigenvalue weighted by Crippen LogP contribution is -2.13. The maximum absolute atomic E-state index is 11.8. The van der Waals surface area contributed by atoms with Crippen molar-refractivity contribution in [3.63, 3.8) is 0 Å². The predicted octanol–water partition coefficient (Wildman–Crippen LogP) is 4.02. The molecule has 1 aromatic heterocycles. The molecule has 0 unspecified atom stereocenters. The molecule has 2 aromatic rings.